The van der Waals surface area contributed by atoms with Gasteiger partial charge < -0.3 is 20.3 Å². The molecule has 1 aliphatic rings. The number of carbonyl (C=O) groups excluding carboxylic acids is 2. The molecule has 0 aliphatic heterocycles. The van der Waals surface area contributed by atoms with Crippen LogP contribution >= 0.6 is 0 Å². The molecule has 0 aromatic heterocycles. The first-order chi connectivity index (χ1) is 17.0. The van der Waals surface area contributed by atoms with Gasteiger partial charge in [0.15, 0.2) is 0 Å². The molecule has 0 saturated heterocycles. The second-order valence-corrected chi connectivity index (χ2v) is 8.29. The van der Waals surface area contributed by atoms with E-state index in [1.165, 1.54) is 0 Å². The number of hydrogen-bond acceptors (Lipinski definition) is 5. The lowest BCUT2D eigenvalue weighted by Gasteiger charge is -2.15. The fourth-order valence-corrected chi connectivity index (χ4v) is 4.22. The number of carbonyl (C=O) groups is 3. The number of aliphatic carboxylic acids is 1. The van der Waals surface area contributed by atoms with Crippen LogP contribution < -0.4 is 10.6 Å². The van der Waals surface area contributed by atoms with Crippen LogP contribution in [0.3, 0.4) is 0 Å². The molecule has 4 N–H and O–H groups in total. The topological polar surface area (TPSA) is 125 Å². The van der Waals surface area contributed by atoms with Crippen molar-refractivity contribution >= 4 is 23.7 Å². The molecule has 3 aromatic carbocycles. The highest BCUT2D eigenvalue weighted by Gasteiger charge is 2.29. The summed E-state index contributed by atoms with van der Waals surface area (Å²) < 4.78 is 5.55. The summed E-state index contributed by atoms with van der Waals surface area (Å²) in [4.78, 5) is 35.2. The summed E-state index contributed by atoms with van der Waals surface area (Å²) in [6.07, 6.45) is -0.0969. The fraction of sp³-hybridized carbons (Fsp3) is 0.222. The Bertz CT molecular complexity index is 1180. The number of hydrogen-bond donors (Lipinski definition) is 4. The SMILES string of the molecule is O=C(CCc1ccc(NC(=O)OCC2c3ccccc3-c3ccccc32)cc1)NC(CO)C(=O)O. The summed E-state index contributed by atoms with van der Waals surface area (Å²) in [5.41, 5.74) is 6.01. The van der Waals surface area contributed by atoms with E-state index in [0.717, 1.165) is 27.8 Å². The molecule has 1 unspecified atom stereocenters. The van der Waals surface area contributed by atoms with Gasteiger partial charge in [0.1, 0.15) is 12.6 Å². The van der Waals surface area contributed by atoms with Gasteiger partial charge in [0.2, 0.25) is 5.91 Å². The predicted octanol–water partition coefficient (Wildman–Crippen LogP) is 3.54. The Balaban J connectivity index is 1.28. The van der Waals surface area contributed by atoms with Crippen LogP contribution in [0.5, 0.6) is 0 Å². The van der Waals surface area contributed by atoms with Crippen LogP contribution in [-0.4, -0.2) is 47.4 Å². The second-order valence-electron chi connectivity index (χ2n) is 8.29. The summed E-state index contributed by atoms with van der Waals surface area (Å²) in [5.74, 6) is -1.77. The minimum Gasteiger partial charge on any atom is -0.480 e. The standard InChI is InChI=1S/C27H26N2O6/c30-15-24(26(32)33)29-25(31)14-11-17-9-12-18(13-10-17)28-27(34)35-16-23-21-7-3-1-5-19(21)20-6-2-4-8-22(20)23/h1-10,12-13,23-24,30H,11,14-16H2,(H,28,34)(H,29,31)(H,32,33). The van der Waals surface area contributed by atoms with Crippen LogP contribution in [0.1, 0.15) is 29.0 Å². The molecular formula is C27H26N2O6. The average Bonchev–Trinajstić information content (AvgIpc) is 3.19. The number of aliphatic hydroxyl groups is 1. The molecule has 0 heterocycles. The van der Waals surface area contributed by atoms with E-state index in [9.17, 15) is 14.4 Å². The van der Waals surface area contributed by atoms with Gasteiger partial charge in [-0.3, -0.25) is 10.1 Å². The highest BCUT2D eigenvalue weighted by molar-refractivity contribution is 5.85. The third-order valence-electron chi connectivity index (χ3n) is 6.00. The Kier molecular flexibility index (Phi) is 7.42. The fourth-order valence-electron chi connectivity index (χ4n) is 4.22. The lowest BCUT2D eigenvalue weighted by molar-refractivity contribution is -0.142. The van der Waals surface area contributed by atoms with Crippen molar-refractivity contribution in [1.82, 2.24) is 5.32 Å². The van der Waals surface area contributed by atoms with Gasteiger partial charge in [0, 0.05) is 18.0 Å². The van der Waals surface area contributed by atoms with Crippen LogP contribution in [0.25, 0.3) is 11.1 Å². The first-order valence-electron chi connectivity index (χ1n) is 11.3. The van der Waals surface area contributed by atoms with Gasteiger partial charge in [-0.15, -0.1) is 0 Å². The summed E-state index contributed by atoms with van der Waals surface area (Å²) >= 11 is 0. The van der Waals surface area contributed by atoms with Crippen LogP contribution in [0, 0.1) is 0 Å². The minimum absolute atomic E-state index is 0.0202. The Hall–Kier alpha value is -4.17. The van der Waals surface area contributed by atoms with E-state index < -0.39 is 30.6 Å². The lowest BCUT2D eigenvalue weighted by Crippen LogP contribution is -2.43. The molecule has 0 saturated carbocycles. The zero-order valence-corrected chi connectivity index (χ0v) is 18.9. The highest BCUT2D eigenvalue weighted by Crippen LogP contribution is 2.44. The Labute approximate surface area is 202 Å². The Morgan fingerprint density at radius 2 is 1.49 bits per heavy atom. The predicted molar refractivity (Wildman–Crippen MR) is 130 cm³/mol. The number of nitrogens with one attached hydrogen (secondary N) is 2. The van der Waals surface area contributed by atoms with Crippen molar-refractivity contribution in [1.29, 1.82) is 0 Å². The Morgan fingerprint density at radius 1 is 0.886 bits per heavy atom. The molecule has 1 aliphatic carbocycles. The maximum Gasteiger partial charge on any atom is 0.411 e. The maximum absolute atomic E-state index is 12.4. The van der Waals surface area contributed by atoms with Crippen LogP contribution in [0.4, 0.5) is 10.5 Å². The molecule has 0 fully saturated rings. The van der Waals surface area contributed by atoms with Gasteiger partial charge in [-0.1, -0.05) is 60.7 Å². The van der Waals surface area contributed by atoms with Gasteiger partial charge in [-0.2, -0.15) is 0 Å². The van der Waals surface area contributed by atoms with Crippen molar-refractivity contribution in [3.63, 3.8) is 0 Å². The summed E-state index contributed by atoms with van der Waals surface area (Å²) in [6, 6.07) is 21.9. The number of rotatable bonds is 9. The summed E-state index contributed by atoms with van der Waals surface area (Å²) in [6.45, 7) is -0.449. The van der Waals surface area contributed by atoms with Gasteiger partial charge in [0.05, 0.1) is 6.61 Å². The number of carboxylic acids is 1. The van der Waals surface area contributed by atoms with Gasteiger partial charge in [0.25, 0.3) is 0 Å². The van der Waals surface area contributed by atoms with E-state index in [1.54, 1.807) is 24.3 Å². The highest BCUT2D eigenvalue weighted by atomic mass is 16.5. The molecule has 4 rings (SSSR count). The number of aryl methyl sites for hydroxylation is 1. The molecule has 8 heteroatoms. The molecule has 8 nitrogen and oxygen atoms in total. The summed E-state index contributed by atoms with van der Waals surface area (Å²) in [7, 11) is 0. The van der Waals surface area contributed by atoms with Crippen molar-refractivity contribution in [2.24, 2.45) is 0 Å². The number of ether oxygens (including phenoxy) is 1. The van der Waals surface area contributed by atoms with E-state index in [4.69, 9.17) is 14.9 Å². The number of amides is 2. The molecule has 3 aromatic rings. The number of aliphatic hydroxyl groups excluding tert-OH is 1. The molecule has 0 bridgehead atoms. The third-order valence-corrected chi connectivity index (χ3v) is 6.00. The lowest BCUT2D eigenvalue weighted by atomic mass is 9.98. The number of anilines is 1. The van der Waals surface area contributed by atoms with Crippen molar-refractivity contribution in [3.05, 3.63) is 89.5 Å². The normalized spacial score (nSPS) is 12.8. The molecule has 2 amide bonds. The van der Waals surface area contributed by atoms with Gasteiger partial charge >= 0.3 is 12.1 Å². The van der Waals surface area contributed by atoms with E-state index in [-0.39, 0.29) is 18.9 Å². The molecule has 1 atom stereocenters. The van der Waals surface area contributed by atoms with Crippen molar-refractivity contribution in [2.45, 2.75) is 24.8 Å². The summed E-state index contributed by atoms with van der Waals surface area (Å²) in [5, 5.41) is 22.8. The molecule has 35 heavy (non-hydrogen) atoms. The quantitative estimate of drug-likeness (QED) is 0.376. The van der Waals surface area contributed by atoms with Crippen molar-refractivity contribution in [2.75, 3.05) is 18.5 Å². The number of fused-ring (bicyclic) bond motifs is 3. The largest absolute Gasteiger partial charge is 0.480 e. The molecule has 0 radical (unpaired) electrons. The van der Waals surface area contributed by atoms with Gasteiger partial charge in [-0.25, -0.2) is 9.59 Å². The molecular weight excluding hydrogens is 448 g/mol. The van der Waals surface area contributed by atoms with Crippen LogP contribution in [0.2, 0.25) is 0 Å². The van der Waals surface area contributed by atoms with E-state index in [0.29, 0.717) is 12.1 Å². The molecule has 0 spiro atoms. The minimum atomic E-state index is -1.31. The van der Waals surface area contributed by atoms with Gasteiger partial charge in [-0.05, 0) is 46.4 Å². The first-order valence-corrected chi connectivity index (χ1v) is 11.3. The zero-order valence-electron chi connectivity index (χ0n) is 18.9. The first kappa shape index (κ1) is 24.0. The number of benzene rings is 3. The van der Waals surface area contributed by atoms with E-state index in [1.807, 2.05) is 24.3 Å². The second kappa shape index (κ2) is 10.8. The number of carboxylic acid groups (broad SMARTS) is 1. The molecule has 180 valence electrons. The maximum atomic E-state index is 12.4. The van der Waals surface area contributed by atoms with Crippen molar-refractivity contribution in [3.8, 4) is 11.1 Å². The monoisotopic (exact) mass is 474 g/mol. The van der Waals surface area contributed by atoms with Crippen LogP contribution in [0.15, 0.2) is 72.8 Å². The van der Waals surface area contributed by atoms with Crippen LogP contribution in [-0.2, 0) is 20.7 Å². The third kappa shape index (κ3) is 5.67. The van der Waals surface area contributed by atoms with Crippen molar-refractivity contribution < 1.29 is 29.3 Å². The average molecular weight is 475 g/mol. The smallest absolute Gasteiger partial charge is 0.411 e. The van der Waals surface area contributed by atoms with E-state index >= 15 is 0 Å². The zero-order chi connectivity index (χ0) is 24.8. The van der Waals surface area contributed by atoms with E-state index in [2.05, 4.69) is 34.9 Å². The Morgan fingerprint density at radius 3 is 2.06 bits per heavy atom.